The van der Waals surface area contributed by atoms with Gasteiger partial charge in [-0.05, 0) is 43.3 Å². The van der Waals surface area contributed by atoms with Crippen LogP contribution in [0.3, 0.4) is 0 Å². The van der Waals surface area contributed by atoms with Crippen molar-refractivity contribution in [3.05, 3.63) is 47.2 Å². The first-order chi connectivity index (χ1) is 11.3. The number of rotatable bonds is 3. The molecule has 2 N–H and O–H groups in total. The summed E-state index contributed by atoms with van der Waals surface area (Å²) in [5.41, 5.74) is 0.350. The van der Waals surface area contributed by atoms with E-state index in [1.54, 1.807) is 0 Å². The summed E-state index contributed by atoms with van der Waals surface area (Å²) in [6, 6.07) is 7.45. The van der Waals surface area contributed by atoms with E-state index in [0.29, 0.717) is 0 Å². The Hall–Kier alpha value is -2.32. The molecular formula is C15H12ClFN2O4S. The minimum absolute atomic E-state index is 0.00103. The minimum atomic E-state index is -4.06. The number of benzene rings is 2. The molecule has 0 radical (unpaired) electrons. The maximum absolute atomic E-state index is 12.9. The summed E-state index contributed by atoms with van der Waals surface area (Å²) in [5, 5.41) is 2.66. The Morgan fingerprint density at radius 3 is 2.58 bits per heavy atom. The molecule has 24 heavy (non-hydrogen) atoms. The van der Waals surface area contributed by atoms with Crippen LogP contribution in [-0.2, 0) is 14.8 Å². The number of hydrogen-bond donors (Lipinski definition) is 2. The molecule has 0 bridgehead atoms. The van der Waals surface area contributed by atoms with Crippen molar-refractivity contribution >= 4 is 38.9 Å². The van der Waals surface area contributed by atoms with Gasteiger partial charge in [0.2, 0.25) is 0 Å². The van der Waals surface area contributed by atoms with E-state index in [-0.39, 0.29) is 27.0 Å². The average molecular weight is 371 g/mol. The molecule has 126 valence electrons. The van der Waals surface area contributed by atoms with Crippen molar-refractivity contribution in [1.29, 1.82) is 0 Å². The van der Waals surface area contributed by atoms with E-state index in [2.05, 4.69) is 10.0 Å². The van der Waals surface area contributed by atoms with E-state index >= 15 is 0 Å². The van der Waals surface area contributed by atoms with Crippen LogP contribution >= 0.6 is 11.6 Å². The largest absolute Gasteiger partial charge is 0.477 e. The van der Waals surface area contributed by atoms with Crippen LogP contribution in [0.2, 0.25) is 5.02 Å². The van der Waals surface area contributed by atoms with Gasteiger partial charge < -0.3 is 10.1 Å². The predicted octanol–water partition coefficient (Wildman–Crippen LogP) is 3.00. The molecular weight excluding hydrogens is 359 g/mol. The number of carbonyl (C=O) groups is 1. The second-order valence-corrected chi connectivity index (χ2v) is 7.23. The maximum atomic E-state index is 12.9. The highest BCUT2D eigenvalue weighted by molar-refractivity contribution is 7.92. The van der Waals surface area contributed by atoms with Crippen molar-refractivity contribution in [1.82, 2.24) is 0 Å². The number of anilines is 2. The Bertz CT molecular complexity index is 916. The fourth-order valence-electron chi connectivity index (χ4n) is 2.18. The number of ether oxygens (including phenoxy) is 1. The van der Waals surface area contributed by atoms with Gasteiger partial charge in [0.25, 0.3) is 15.9 Å². The highest BCUT2D eigenvalue weighted by Gasteiger charge is 2.31. The zero-order valence-electron chi connectivity index (χ0n) is 12.3. The molecule has 1 unspecified atom stereocenters. The molecule has 0 spiro atoms. The normalized spacial score (nSPS) is 16.8. The van der Waals surface area contributed by atoms with Crippen LogP contribution in [0.5, 0.6) is 5.75 Å². The van der Waals surface area contributed by atoms with Gasteiger partial charge in [0, 0.05) is 10.7 Å². The fourth-order valence-corrected chi connectivity index (χ4v) is 3.70. The van der Waals surface area contributed by atoms with Crippen molar-refractivity contribution in [2.24, 2.45) is 0 Å². The number of halogens is 2. The van der Waals surface area contributed by atoms with Crippen LogP contribution in [0, 0.1) is 5.82 Å². The molecule has 1 aliphatic rings. The van der Waals surface area contributed by atoms with E-state index < -0.39 is 27.9 Å². The lowest BCUT2D eigenvalue weighted by Gasteiger charge is -2.25. The van der Waals surface area contributed by atoms with Gasteiger partial charge in [-0.1, -0.05) is 11.6 Å². The number of sulfonamides is 1. The monoisotopic (exact) mass is 370 g/mol. The van der Waals surface area contributed by atoms with Crippen molar-refractivity contribution in [3.63, 3.8) is 0 Å². The van der Waals surface area contributed by atoms with Gasteiger partial charge in [0.1, 0.15) is 10.7 Å². The molecule has 6 nitrogen and oxygen atoms in total. The van der Waals surface area contributed by atoms with Gasteiger partial charge in [-0.2, -0.15) is 0 Å². The Morgan fingerprint density at radius 1 is 1.25 bits per heavy atom. The zero-order valence-corrected chi connectivity index (χ0v) is 13.9. The molecule has 0 fully saturated rings. The van der Waals surface area contributed by atoms with E-state index in [0.717, 1.165) is 12.1 Å². The van der Waals surface area contributed by atoms with Crippen LogP contribution in [0.15, 0.2) is 41.3 Å². The van der Waals surface area contributed by atoms with Crippen LogP contribution in [-0.4, -0.2) is 20.4 Å². The van der Waals surface area contributed by atoms with E-state index in [4.69, 9.17) is 16.3 Å². The fraction of sp³-hybridized carbons (Fsp3) is 0.133. The van der Waals surface area contributed by atoms with E-state index in [1.807, 2.05) is 0 Å². The van der Waals surface area contributed by atoms with Crippen LogP contribution in [0.4, 0.5) is 15.8 Å². The quantitative estimate of drug-likeness (QED) is 0.869. The first kappa shape index (κ1) is 16.5. The molecule has 2 aromatic carbocycles. The second-order valence-electron chi connectivity index (χ2n) is 5.14. The lowest BCUT2D eigenvalue weighted by molar-refractivity contribution is -0.122. The van der Waals surface area contributed by atoms with Crippen molar-refractivity contribution in [2.75, 3.05) is 10.0 Å². The number of hydrogen-bond acceptors (Lipinski definition) is 4. The van der Waals surface area contributed by atoms with Gasteiger partial charge >= 0.3 is 0 Å². The standard InChI is InChI=1S/C15H12ClFN2O4S/c1-8-15(20)18-12-6-9(16)7-13(14(12)23-8)24(21,22)19-11-4-2-10(17)3-5-11/h2-8,19H,1H3,(H,18,20). The lowest BCUT2D eigenvalue weighted by atomic mass is 10.2. The summed E-state index contributed by atoms with van der Waals surface area (Å²) in [6.45, 7) is 1.50. The number of amides is 1. The van der Waals surface area contributed by atoms with Gasteiger partial charge in [0.15, 0.2) is 11.9 Å². The summed E-state index contributed by atoms with van der Waals surface area (Å²) >= 11 is 5.95. The highest BCUT2D eigenvalue weighted by Crippen LogP contribution is 2.39. The number of fused-ring (bicyclic) bond motifs is 1. The number of nitrogens with one attached hydrogen (secondary N) is 2. The van der Waals surface area contributed by atoms with Gasteiger partial charge in [0.05, 0.1) is 5.69 Å². The molecule has 1 amide bonds. The molecule has 0 saturated carbocycles. The van der Waals surface area contributed by atoms with Gasteiger partial charge in [-0.3, -0.25) is 9.52 Å². The van der Waals surface area contributed by atoms with Crippen molar-refractivity contribution in [2.45, 2.75) is 17.9 Å². The van der Waals surface area contributed by atoms with Crippen molar-refractivity contribution < 1.29 is 22.3 Å². The van der Waals surface area contributed by atoms with Crippen LogP contribution in [0.25, 0.3) is 0 Å². The van der Waals surface area contributed by atoms with Crippen molar-refractivity contribution in [3.8, 4) is 5.75 Å². The topological polar surface area (TPSA) is 84.5 Å². The third-order valence-electron chi connectivity index (χ3n) is 3.33. The summed E-state index contributed by atoms with van der Waals surface area (Å²) in [6.07, 6.45) is -0.849. The minimum Gasteiger partial charge on any atom is -0.477 e. The van der Waals surface area contributed by atoms with Gasteiger partial charge in [-0.25, -0.2) is 12.8 Å². The molecule has 1 atom stereocenters. The summed E-state index contributed by atoms with van der Waals surface area (Å²) in [7, 11) is -4.06. The van der Waals surface area contributed by atoms with Gasteiger partial charge in [-0.15, -0.1) is 0 Å². The average Bonchev–Trinajstić information content (AvgIpc) is 2.50. The smallest absolute Gasteiger partial charge is 0.265 e. The first-order valence-corrected chi connectivity index (χ1v) is 8.72. The summed E-state index contributed by atoms with van der Waals surface area (Å²) < 4.78 is 46.0. The second kappa shape index (κ2) is 5.95. The SMILES string of the molecule is CC1Oc2c(cc(Cl)cc2S(=O)(=O)Nc2ccc(F)cc2)NC1=O. The molecule has 3 rings (SSSR count). The lowest BCUT2D eigenvalue weighted by Crippen LogP contribution is -2.35. The predicted molar refractivity (Wildman–Crippen MR) is 87.4 cm³/mol. The third kappa shape index (κ3) is 3.15. The van der Waals surface area contributed by atoms with Crippen LogP contribution < -0.4 is 14.8 Å². The van der Waals surface area contributed by atoms with Crippen LogP contribution in [0.1, 0.15) is 6.92 Å². The molecule has 9 heteroatoms. The Morgan fingerprint density at radius 2 is 1.92 bits per heavy atom. The molecule has 0 aliphatic carbocycles. The molecule has 1 heterocycles. The Labute approximate surface area is 142 Å². The van der Waals surface area contributed by atoms with E-state index in [1.165, 1.54) is 31.2 Å². The summed E-state index contributed by atoms with van der Waals surface area (Å²) in [4.78, 5) is 11.5. The van der Waals surface area contributed by atoms with E-state index in [9.17, 15) is 17.6 Å². The number of carbonyl (C=O) groups excluding carboxylic acids is 1. The Balaban J connectivity index is 2.05. The summed E-state index contributed by atoms with van der Waals surface area (Å²) in [5.74, 6) is -0.890. The molecule has 0 aromatic heterocycles. The maximum Gasteiger partial charge on any atom is 0.265 e. The third-order valence-corrected chi connectivity index (χ3v) is 4.93. The highest BCUT2D eigenvalue weighted by atomic mass is 35.5. The molecule has 0 saturated heterocycles. The first-order valence-electron chi connectivity index (χ1n) is 6.86. The molecule has 1 aliphatic heterocycles. The Kier molecular flexibility index (Phi) is 4.10. The zero-order chi connectivity index (χ0) is 17.5. The molecule has 2 aromatic rings.